The van der Waals surface area contributed by atoms with Gasteiger partial charge in [-0.15, -0.1) is 0 Å². The van der Waals surface area contributed by atoms with E-state index < -0.39 is 0 Å². The minimum atomic E-state index is 0.539. The molecule has 1 aliphatic heterocycles. The molecule has 1 unspecified atom stereocenters. The Morgan fingerprint density at radius 1 is 1.24 bits per heavy atom. The molecule has 0 amide bonds. The summed E-state index contributed by atoms with van der Waals surface area (Å²) in [5, 5.41) is 0. The molecule has 0 aromatic carbocycles. The molecular formula is C15H23NO. The van der Waals surface area contributed by atoms with Gasteiger partial charge in [-0.1, -0.05) is 27.7 Å². The third kappa shape index (κ3) is 2.52. The lowest BCUT2D eigenvalue weighted by Crippen LogP contribution is -2.12. The van der Waals surface area contributed by atoms with Crippen molar-refractivity contribution < 1.29 is 4.74 Å². The molecule has 0 saturated heterocycles. The van der Waals surface area contributed by atoms with Gasteiger partial charge in [-0.3, -0.25) is 4.98 Å². The zero-order valence-corrected chi connectivity index (χ0v) is 11.4. The minimum Gasteiger partial charge on any atom is -0.377 e. The van der Waals surface area contributed by atoms with E-state index in [0.717, 1.165) is 19.6 Å². The first-order valence-electron chi connectivity index (χ1n) is 6.65. The van der Waals surface area contributed by atoms with Gasteiger partial charge in [0.1, 0.15) is 0 Å². The van der Waals surface area contributed by atoms with Gasteiger partial charge >= 0.3 is 0 Å². The molecule has 2 heteroatoms. The lowest BCUT2D eigenvalue weighted by atomic mass is 9.80. The lowest BCUT2D eigenvalue weighted by molar-refractivity contribution is 0.119. The van der Waals surface area contributed by atoms with Crippen LogP contribution in [0, 0.1) is 5.92 Å². The molecule has 0 N–H and O–H groups in total. The summed E-state index contributed by atoms with van der Waals surface area (Å²) in [6, 6.07) is 0. The number of pyridine rings is 1. The van der Waals surface area contributed by atoms with Crippen LogP contribution in [-0.4, -0.2) is 11.6 Å². The Balaban J connectivity index is 2.52. The highest BCUT2D eigenvalue weighted by atomic mass is 16.5. The van der Waals surface area contributed by atoms with Crippen LogP contribution in [0.5, 0.6) is 0 Å². The van der Waals surface area contributed by atoms with Crippen LogP contribution < -0.4 is 0 Å². The number of fused-ring (bicyclic) bond motifs is 1. The molecule has 1 atom stereocenters. The average Bonchev–Trinajstić information content (AvgIpc) is 2.50. The van der Waals surface area contributed by atoms with E-state index in [1.165, 1.54) is 16.7 Å². The number of ether oxygens (including phenoxy) is 1. The van der Waals surface area contributed by atoms with Crippen molar-refractivity contribution in [3.05, 3.63) is 29.1 Å². The highest BCUT2D eigenvalue weighted by Gasteiger charge is 2.25. The summed E-state index contributed by atoms with van der Waals surface area (Å²) in [6.07, 6.45) is 5.17. The summed E-state index contributed by atoms with van der Waals surface area (Å²) in [7, 11) is 0. The first-order chi connectivity index (χ1) is 8.11. The standard InChI is InChI=1S/C15H23NO/c1-10(2)13-5-6-17-9-12-7-16-8-14(11(3)4)15(12)13/h7-8,10-11,13H,5-6,9H2,1-4H3. The highest BCUT2D eigenvalue weighted by molar-refractivity contribution is 5.37. The third-order valence-electron chi connectivity index (χ3n) is 3.73. The number of aromatic nitrogens is 1. The van der Waals surface area contributed by atoms with Gasteiger partial charge in [0.15, 0.2) is 0 Å². The first-order valence-corrected chi connectivity index (χ1v) is 6.65. The van der Waals surface area contributed by atoms with Crippen LogP contribution in [0.4, 0.5) is 0 Å². The van der Waals surface area contributed by atoms with Crippen LogP contribution in [0.25, 0.3) is 0 Å². The van der Waals surface area contributed by atoms with Gasteiger partial charge in [0, 0.05) is 19.0 Å². The summed E-state index contributed by atoms with van der Waals surface area (Å²) < 4.78 is 5.70. The Kier molecular flexibility index (Phi) is 3.82. The Morgan fingerprint density at radius 3 is 2.65 bits per heavy atom. The quantitative estimate of drug-likeness (QED) is 0.773. The number of rotatable bonds is 2. The Bertz CT molecular complexity index is 385. The molecule has 17 heavy (non-hydrogen) atoms. The van der Waals surface area contributed by atoms with E-state index in [2.05, 4.69) is 32.7 Å². The molecule has 0 radical (unpaired) electrons. The van der Waals surface area contributed by atoms with Crippen molar-refractivity contribution in [2.45, 2.75) is 52.6 Å². The minimum absolute atomic E-state index is 0.539. The fourth-order valence-corrected chi connectivity index (χ4v) is 2.76. The molecule has 1 aliphatic rings. The van der Waals surface area contributed by atoms with Gasteiger partial charge in [0.25, 0.3) is 0 Å². The van der Waals surface area contributed by atoms with Gasteiger partial charge in [-0.2, -0.15) is 0 Å². The molecular weight excluding hydrogens is 210 g/mol. The molecule has 0 spiro atoms. The Labute approximate surface area is 104 Å². The summed E-state index contributed by atoms with van der Waals surface area (Å²) >= 11 is 0. The van der Waals surface area contributed by atoms with Crippen LogP contribution in [-0.2, 0) is 11.3 Å². The van der Waals surface area contributed by atoms with Crippen molar-refractivity contribution in [3.8, 4) is 0 Å². The van der Waals surface area contributed by atoms with Crippen molar-refractivity contribution in [2.75, 3.05) is 6.61 Å². The number of nitrogens with zero attached hydrogens (tertiary/aromatic N) is 1. The maximum atomic E-state index is 5.70. The fraction of sp³-hybridized carbons (Fsp3) is 0.667. The van der Waals surface area contributed by atoms with E-state index in [4.69, 9.17) is 4.74 Å². The highest BCUT2D eigenvalue weighted by Crippen LogP contribution is 2.37. The van der Waals surface area contributed by atoms with E-state index in [-0.39, 0.29) is 0 Å². The van der Waals surface area contributed by atoms with E-state index in [1.807, 2.05) is 12.4 Å². The van der Waals surface area contributed by atoms with Crippen molar-refractivity contribution >= 4 is 0 Å². The Hall–Kier alpha value is -0.890. The molecule has 0 aliphatic carbocycles. The van der Waals surface area contributed by atoms with Gasteiger partial charge in [-0.25, -0.2) is 0 Å². The number of hydrogen-bond acceptors (Lipinski definition) is 2. The van der Waals surface area contributed by atoms with Crippen LogP contribution in [0.15, 0.2) is 12.4 Å². The third-order valence-corrected chi connectivity index (χ3v) is 3.73. The van der Waals surface area contributed by atoms with Crippen LogP contribution in [0.2, 0.25) is 0 Å². The zero-order chi connectivity index (χ0) is 12.4. The lowest BCUT2D eigenvalue weighted by Gasteiger charge is -2.25. The van der Waals surface area contributed by atoms with Gasteiger partial charge in [-0.05, 0) is 40.9 Å². The van der Waals surface area contributed by atoms with Gasteiger partial charge in [0.2, 0.25) is 0 Å². The molecule has 94 valence electrons. The van der Waals surface area contributed by atoms with Crippen molar-refractivity contribution in [1.82, 2.24) is 4.98 Å². The first kappa shape index (κ1) is 12.6. The van der Waals surface area contributed by atoms with E-state index in [0.29, 0.717) is 17.8 Å². The number of hydrogen-bond donors (Lipinski definition) is 0. The van der Waals surface area contributed by atoms with Crippen LogP contribution >= 0.6 is 0 Å². The maximum Gasteiger partial charge on any atom is 0.0734 e. The topological polar surface area (TPSA) is 22.1 Å². The summed E-state index contributed by atoms with van der Waals surface area (Å²) in [4.78, 5) is 4.37. The normalized spacial score (nSPS) is 20.5. The second-order valence-corrected chi connectivity index (χ2v) is 5.65. The molecule has 0 fully saturated rings. The van der Waals surface area contributed by atoms with E-state index in [9.17, 15) is 0 Å². The van der Waals surface area contributed by atoms with E-state index >= 15 is 0 Å². The van der Waals surface area contributed by atoms with Crippen molar-refractivity contribution in [1.29, 1.82) is 0 Å². The second kappa shape index (κ2) is 5.18. The molecule has 0 bridgehead atoms. The van der Waals surface area contributed by atoms with Gasteiger partial charge in [0.05, 0.1) is 6.61 Å². The SMILES string of the molecule is CC(C)c1cncc2c1C(C(C)C)CCOC2. The summed E-state index contributed by atoms with van der Waals surface area (Å²) in [5.41, 5.74) is 4.22. The zero-order valence-electron chi connectivity index (χ0n) is 11.4. The Morgan fingerprint density at radius 2 is 2.00 bits per heavy atom. The van der Waals surface area contributed by atoms with Crippen LogP contribution in [0.3, 0.4) is 0 Å². The molecule has 2 heterocycles. The second-order valence-electron chi connectivity index (χ2n) is 5.65. The fourth-order valence-electron chi connectivity index (χ4n) is 2.76. The van der Waals surface area contributed by atoms with Gasteiger partial charge < -0.3 is 4.74 Å². The molecule has 2 rings (SSSR count). The molecule has 2 nitrogen and oxygen atoms in total. The largest absolute Gasteiger partial charge is 0.377 e. The van der Waals surface area contributed by atoms with Crippen LogP contribution in [0.1, 0.15) is 62.6 Å². The van der Waals surface area contributed by atoms with Crippen molar-refractivity contribution in [3.63, 3.8) is 0 Å². The summed E-state index contributed by atoms with van der Waals surface area (Å²) in [5.74, 6) is 1.82. The van der Waals surface area contributed by atoms with E-state index in [1.54, 1.807) is 0 Å². The average molecular weight is 233 g/mol. The van der Waals surface area contributed by atoms with Crippen molar-refractivity contribution in [2.24, 2.45) is 5.92 Å². The predicted molar refractivity (Wildman–Crippen MR) is 70.2 cm³/mol. The molecule has 1 aromatic heterocycles. The smallest absolute Gasteiger partial charge is 0.0734 e. The predicted octanol–water partition coefficient (Wildman–Crippen LogP) is 3.86. The molecule has 1 aromatic rings. The maximum absolute atomic E-state index is 5.70. The summed E-state index contributed by atoms with van der Waals surface area (Å²) in [6.45, 7) is 10.7. The molecule has 0 saturated carbocycles. The monoisotopic (exact) mass is 233 g/mol.